The van der Waals surface area contributed by atoms with Crippen molar-refractivity contribution in [2.24, 2.45) is 44.9 Å². The van der Waals surface area contributed by atoms with Crippen LogP contribution in [-0.2, 0) is 47.5 Å². The predicted molar refractivity (Wildman–Crippen MR) is 505 cm³/mol. The summed E-state index contributed by atoms with van der Waals surface area (Å²) in [5.41, 5.74) is 18.5. The molecule has 0 bridgehead atoms. The Morgan fingerprint density at radius 1 is 0.324 bits per heavy atom. The monoisotopic (exact) mass is 1850 g/mol. The summed E-state index contributed by atoms with van der Waals surface area (Å²) in [5, 5.41) is 6.48. The molecule has 2 fully saturated rings. The topological polar surface area (TPSA) is 171 Å². The lowest BCUT2D eigenvalue weighted by atomic mass is 9.84. The molecule has 692 valence electrons. The molecule has 0 amide bonds. The zero-order chi connectivity index (χ0) is 96.2. The number of aromatic nitrogens is 12. The first-order valence-corrected chi connectivity index (χ1v) is 45.6. The molecule has 0 radical (unpaired) electrons. The van der Waals surface area contributed by atoms with Gasteiger partial charge in [0, 0.05) is 0 Å². The third kappa shape index (κ3) is 15.9. The van der Waals surface area contributed by atoms with E-state index in [1.165, 1.54) is 124 Å². The van der Waals surface area contributed by atoms with Crippen LogP contribution in [0, 0.1) is 119 Å². The third-order valence-corrected chi connectivity index (χ3v) is 28.0. The molecule has 27 heteroatoms. The zero-order valence-corrected chi connectivity index (χ0v) is 78.4. The second-order valence-corrected chi connectivity index (χ2v) is 38.7. The average molecular weight is 1850 g/mol. The lowest BCUT2D eigenvalue weighted by Crippen LogP contribution is -2.34. The van der Waals surface area contributed by atoms with Crippen LogP contribution in [0.2, 0.25) is 0 Å². The number of pyridine rings is 4. The number of nitrogens with zero attached hydrogens (tertiary/aromatic N) is 12. The van der Waals surface area contributed by atoms with E-state index in [1.807, 2.05) is 55.6 Å². The average Bonchev–Trinajstić information content (AvgIpc) is 1.69. The van der Waals surface area contributed by atoms with Gasteiger partial charge < -0.3 is 17.7 Å². The summed E-state index contributed by atoms with van der Waals surface area (Å²) in [7, 11) is 7.54. The van der Waals surface area contributed by atoms with E-state index < -0.39 is 41.2 Å². The van der Waals surface area contributed by atoms with Crippen LogP contribution in [0.1, 0.15) is 159 Å². The molecular weight excluding hydrogens is 1750 g/mol. The lowest BCUT2D eigenvalue weighted by molar-refractivity contribution is -0.662. The van der Waals surface area contributed by atoms with Gasteiger partial charge in [0.25, 0.3) is 25.3 Å². The summed E-state index contributed by atoms with van der Waals surface area (Å²) >= 11 is 0. The van der Waals surface area contributed by atoms with E-state index in [1.54, 1.807) is 89.7 Å². The Morgan fingerprint density at radius 2 is 0.596 bits per heavy atom. The van der Waals surface area contributed by atoms with Crippen LogP contribution in [0.15, 0.2) is 164 Å². The molecule has 16 nitrogen and oxygen atoms in total. The normalized spacial score (nSPS) is 13.7. The minimum Gasteiger partial charge on any atom is -0.437 e. The Hall–Kier alpha value is -13.9. The number of furan rings is 4. The Kier molecular flexibility index (Phi) is 23.2. The minimum atomic E-state index is -4.35. The quantitative estimate of drug-likeness (QED) is 0.0722. The number of halogens is 11. The number of benzene rings is 8. The molecule has 20 aromatic rings. The van der Waals surface area contributed by atoms with E-state index in [2.05, 4.69) is 105 Å². The van der Waals surface area contributed by atoms with E-state index >= 15 is 17.6 Å². The van der Waals surface area contributed by atoms with Gasteiger partial charge in [-0.3, -0.25) is 0 Å². The third-order valence-electron chi connectivity index (χ3n) is 28.0. The first-order valence-electron chi connectivity index (χ1n) is 45.6. The van der Waals surface area contributed by atoms with Crippen molar-refractivity contribution in [1.82, 2.24) is 39.9 Å². The largest absolute Gasteiger partial charge is 0.437 e. The summed E-state index contributed by atoms with van der Waals surface area (Å²) in [6, 6.07) is 35.2. The second-order valence-electron chi connectivity index (χ2n) is 38.7. The van der Waals surface area contributed by atoms with Gasteiger partial charge in [-0.2, -0.15) is 50.7 Å². The van der Waals surface area contributed by atoms with Crippen LogP contribution in [0.25, 0.3) is 177 Å². The lowest BCUT2D eigenvalue weighted by Gasteiger charge is -2.27. The van der Waals surface area contributed by atoms with Crippen molar-refractivity contribution in [3.05, 3.63) is 260 Å². The molecule has 136 heavy (non-hydrogen) atoms. The van der Waals surface area contributed by atoms with Gasteiger partial charge in [0.15, 0.2) is 44.4 Å². The van der Waals surface area contributed by atoms with E-state index in [4.69, 9.17) is 27.6 Å². The maximum Gasteiger partial charge on any atom is 0.394 e. The fourth-order valence-corrected chi connectivity index (χ4v) is 20.3. The highest BCUT2D eigenvalue weighted by atomic mass is 19.4. The number of fused-ring (bicyclic) bond motifs is 16. The molecule has 0 aliphatic heterocycles. The van der Waals surface area contributed by atoms with Crippen LogP contribution >= 0.6 is 0 Å². The van der Waals surface area contributed by atoms with Crippen molar-refractivity contribution >= 4 is 132 Å². The number of rotatable bonds is 10. The van der Waals surface area contributed by atoms with Crippen LogP contribution in [0.5, 0.6) is 0 Å². The van der Waals surface area contributed by atoms with E-state index in [9.17, 15) is 30.7 Å². The van der Waals surface area contributed by atoms with Gasteiger partial charge in [-0.15, -0.1) is 0 Å². The number of hydrogen-bond acceptors (Lipinski definition) is 12. The molecule has 2 aliphatic carbocycles. The summed E-state index contributed by atoms with van der Waals surface area (Å²) in [5.74, 6) is -2.94. The number of hydrogen-bond donors (Lipinski definition) is 0. The molecule has 0 atom stereocenters. The molecule has 2 saturated carbocycles. The van der Waals surface area contributed by atoms with Crippen LogP contribution < -0.4 is 18.3 Å². The smallest absolute Gasteiger partial charge is 0.394 e. The number of aryl methyl sites for hydroxylation is 4. The fraction of sp³-hybridized carbons (Fsp3) is 0.303. The van der Waals surface area contributed by atoms with Gasteiger partial charge in [0.1, 0.15) is 46.0 Å². The van der Waals surface area contributed by atoms with Gasteiger partial charge >= 0.3 is 6.18 Å². The molecule has 0 N–H and O–H groups in total. The molecule has 12 heterocycles. The van der Waals surface area contributed by atoms with Crippen LogP contribution in [0.4, 0.5) is 48.3 Å². The highest BCUT2D eigenvalue weighted by Crippen LogP contribution is 2.50. The summed E-state index contributed by atoms with van der Waals surface area (Å²) < 4.78 is 189. The highest BCUT2D eigenvalue weighted by molar-refractivity contribution is 6.16. The molecule has 0 unspecified atom stereocenters. The SMILES string of the molecule is Cc1c(C)c(F)c2c(oc3nc(F)ccc32)c1-c1c2ccc(C3CCCC3)cc2nc[n+]1C.Cc1c(C)c(F)c2c(oc3nc(F)ccc32)c1-c1c2ccc(CC(C)(C)C(F)(F)F)cc2nc[n+]1C.Cc1c(C)c(F)c2c(oc3nc(F)ccc32)c1-c1c2ccc(CC(C)(C)C)cc2nc[n+]1C.Cc1c(C)c(F)c2c(oc3nc(F)ccc32)c1-c1c2ccc(CC3CCCC3)cc2nc[n+]1C. The summed E-state index contributed by atoms with van der Waals surface area (Å²) in [4.78, 5) is 33.9. The molecule has 0 saturated heterocycles. The molecular formula is C109H99F11N12O4+4. The maximum atomic E-state index is 15.5. The van der Waals surface area contributed by atoms with E-state index in [0.717, 1.165) is 108 Å². The van der Waals surface area contributed by atoms with E-state index in [-0.39, 0.29) is 63.1 Å². The Bertz CT molecular complexity index is 8390. The van der Waals surface area contributed by atoms with Crippen molar-refractivity contribution < 1.29 is 84.2 Å². The van der Waals surface area contributed by atoms with Gasteiger partial charge in [-0.05, 0) is 289 Å². The van der Waals surface area contributed by atoms with Crippen molar-refractivity contribution in [3.8, 4) is 45.0 Å². The van der Waals surface area contributed by atoms with Crippen molar-refractivity contribution in [2.45, 2.75) is 173 Å². The highest BCUT2D eigenvalue weighted by Gasteiger charge is 2.47. The Labute approximate surface area is 775 Å². The first-order chi connectivity index (χ1) is 64.7. The predicted octanol–water partition coefficient (Wildman–Crippen LogP) is 26.8. The van der Waals surface area contributed by atoms with Gasteiger partial charge in [-0.25, -0.2) is 35.8 Å². The molecule has 22 rings (SSSR count). The molecule has 2 aliphatic rings. The Morgan fingerprint density at radius 3 is 0.904 bits per heavy atom. The number of alkyl halides is 3. The molecule has 0 spiro atoms. The van der Waals surface area contributed by atoms with Crippen LogP contribution in [0.3, 0.4) is 0 Å². The standard InChI is InChI=1S/C28H26F2N3O.C27H23F5N3O.C27H24F2N3O.C27H26F2N3O/c1-15-16(2)25(30)24-20-10-11-22(29)32-28(20)34-27(24)23(15)26-19-9-8-18(12-17-6-4-5-7-17)13-21(19)31-14-33(26)3;1-13-14(2)22(29)21-17-8-9-19(28)34-25(17)36-24(21)20(13)23-16-7-6-15(10-18(16)33-12-35(23)5)11-26(3,4)27(30,31)32;1-14-15(2)24(29)23-19-10-11-21(28)31-27(19)33-26(23)22(14)25-18-9-8-17(16-6-4-5-7-16)12-20(18)30-13-32(25)3;1-14-15(2)23(29)22-18-9-10-20(28)31-26(18)33-25(22)21(14)24-17-8-7-16(12-27(3,4)5)11-19(17)30-13-32(24)6/h8-11,13-14,17H,4-7,12H2,1-3H3;6-10,12H,11H2,1-5H3;8-13,16H,4-7H2,1-3H3;7-11,13H,12H2,1-6H3/q4*+1. The van der Waals surface area contributed by atoms with Crippen LogP contribution in [-0.4, -0.2) is 46.0 Å². The summed E-state index contributed by atoms with van der Waals surface area (Å²) in [6.45, 7) is 23.4. The fourth-order valence-electron chi connectivity index (χ4n) is 20.3. The summed E-state index contributed by atoms with van der Waals surface area (Å²) in [6.07, 6.45) is 14.6. The van der Waals surface area contributed by atoms with Crippen molar-refractivity contribution in [3.63, 3.8) is 0 Å². The zero-order valence-electron chi connectivity index (χ0n) is 78.4. The van der Waals surface area contributed by atoms with Crippen molar-refractivity contribution in [1.29, 1.82) is 0 Å². The van der Waals surface area contributed by atoms with Gasteiger partial charge in [0.2, 0.25) is 46.6 Å². The minimum absolute atomic E-state index is 0.0205. The van der Waals surface area contributed by atoms with E-state index in [0.29, 0.717) is 116 Å². The van der Waals surface area contributed by atoms with Gasteiger partial charge in [-0.1, -0.05) is 97.4 Å². The second kappa shape index (κ2) is 34.5. The van der Waals surface area contributed by atoms with Gasteiger partial charge in [0.05, 0.1) is 120 Å². The first kappa shape index (κ1) is 91.3. The van der Waals surface area contributed by atoms with Crippen molar-refractivity contribution in [2.75, 3.05) is 0 Å². The molecule has 8 aromatic carbocycles. The maximum absolute atomic E-state index is 15.5. The Balaban J connectivity index is 0.000000116. The molecule has 12 aromatic heterocycles.